The lowest BCUT2D eigenvalue weighted by Gasteiger charge is -2.54. The molecule has 12 heteroatoms. The fourth-order valence-electron chi connectivity index (χ4n) is 6.63. The fourth-order valence-corrected chi connectivity index (χ4v) is 6.63. The van der Waals surface area contributed by atoms with Crippen LogP contribution in [0, 0.1) is 17.8 Å². The van der Waals surface area contributed by atoms with E-state index in [4.69, 9.17) is 16.2 Å². The van der Waals surface area contributed by atoms with Gasteiger partial charge in [-0.25, -0.2) is 0 Å². The topological polar surface area (TPSA) is 214 Å². The van der Waals surface area contributed by atoms with Crippen LogP contribution in [-0.4, -0.2) is 80.6 Å². The number of hydrogen-bond donors (Lipinski definition) is 6. The number of fused-ring (bicyclic) bond motifs is 3. The summed E-state index contributed by atoms with van der Waals surface area (Å²) in [6, 6.07) is 1.65. The lowest BCUT2D eigenvalue weighted by Crippen LogP contribution is -2.69. The number of ether oxygens (including phenoxy) is 1. The summed E-state index contributed by atoms with van der Waals surface area (Å²) in [6.45, 7) is 1.69. The van der Waals surface area contributed by atoms with Crippen molar-refractivity contribution < 1.29 is 44.3 Å². The van der Waals surface area contributed by atoms with E-state index in [1.165, 1.54) is 25.1 Å². The number of Topliss-reactive ketones (excluding diaryl/α,β-unsaturated/α-hetero) is 2. The van der Waals surface area contributed by atoms with Crippen molar-refractivity contribution in [3.8, 4) is 5.75 Å². The molecule has 0 bridgehead atoms. The number of primary amides is 1. The maximum atomic E-state index is 13.9. The third-order valence-electron chi connectivity index (χ3n) is 8.83. The molecule has 6 unspecified atom stereocenters. The third-order valence-corrected chi connectivity index (χ3v) is 8.83. The third kappa shape index (κ3) is 3.44. The van der Waals surface area contributed by atoms with Crippen molar-refractivity contribution >= 4 is 29.1 Å². The maximum Gasteiger partial charge on any atom is 0.309 e. The molecule has 4 aliphatic carbocycles. The number of likely N-dealkylation sites (N-methyl/N-ethyl adjacent to an activating group) is 1. The number of phenolic OH excluding ortho intramolecular Hbond substituents is 1. The summed E-state index contributed by atoms with van der Waals surface area (Å²) in [6.07, 6.45) is 0.571. The van der Waals surface area contributed by atoms with Crippen LogP contribution in [0.1, 0.15) is 48.0 Å². The Morgan fingerprint density at radius 1 is 1.13 bits per heavy atom. The number of anilines is 1. The van der Waals surface area contributed by atoms with Gasteiger partial charge in [0.1, 0.15) is 28.9 Å². The fraction of sp³-hybridized carbons (Fsp3) is 0.481. The average molecular weight is 542 g/mol. The maximum absolute atomic E-state index is 13.9. The number of carbonyl (C=O) groups excluding carboxylic acids is 4. The number of carbonyl (C=O) groups is 4. The van der Waals surface area contributed by atoms with Gasteiger partial charge in [-0.05, 0) is 44.5 Å². The minimum atomic E-state index is -2.97. The summed E-state index contributed by atoms with van der Waals surface area (Å²) < 4.78 is 6.00. The van der Waals surface area contributed by atoms with Crippen LogP contribution in [0.4, 0.5) is 5.69 Å². The Hall–Kier alpha value is -3.90. The molecule has 1 fully saturated rings. The quantitative estimate of drug-likeness (QED) is 0.134. The number of hydrogen-bond acceptors (Lipinski definition) is 11. The zero-order valence-electron chi connectivity index (χ0n) is 21.7. The number of rotatable bonds is 4. The van der Waals surface area contributed by atoms with Gasteiger partial charge in [-0.2, -0.15) is 0 Å². The Labute approximate surface area is 223 Å². The monoisotopic (exact) mass is 541 g/mol. The van der Waals surface area contributed by atoms with Crippen LogP contribution in [0.15, 0.2) is 34.8 Å². The Bertz CT molecular complexity index is 1390. The highest BCUT2D eigenvalue weighted by molar-refractivity contribution is 6.25. The molecule has 8 N–H and O–H groups in total. The molecule has 0 aromatic heterocycles. The van der Waals surface area contributed by atoms with Gasteiger partial charge in [-0.1, -0.05) is 19.4 Å². The number of amides is 1. The molecular formula is C27H31N3O9. The van der Waals surface area contributed by atoms with Crippen molar-refractivity contribution in [1.82, 2.24) is 4.90 Å². The first-order valence-electron chi connectivity index (χ1n) is 12.7. The second-order valence-electron chi connectivity index (χ2n) is 11.1. The molecule has 1 amide bonds. The number of nitrogens with zero attached hydrogens (tertiary/aromatic N) is 1. The van der Waals surface area contributed by atoms with E-state index in [0.29, 0.717) is 18.4 Å². The number of esters is 1. The molecule has 208 valence electrons. The van der Waals surface area contributed by atoms with Gasteiger partial charge in [0.25, 0.3) is 5.91 Å². The van der Waals surface area contributed by atoms with E-state index in [1.54, 1.807) is 13.0 Å². The normalized spacial score (nSPS) is 32.4. The van der Waals surface area contributed by atoms with Crippen LogP contribution in [0.5, 0.6) is 5.75 Å². The molecule has 4 aliphatic rings. The van der Waals surface area contributed by atoms with Gasteiger partial charge in [0.15, 0.2) is 11.4 Å². The number of benzene rings is 1. The molecule has 12 nitrogen and oxygen atoms in total. The van der Waals surface area contributed by atoms with E-state index in [1.807, 2.05) is 0 Å². The Kier molecular flexibility index (Phi) is 6.03. The number of nitrogens with two attached hydrogens (primary N) is 2. The molecule has 0 spiro atoms. The summed E-state index contributed by atoms with van der Waals surface area (Å²) >= 11 is 0. The standard InChI is InChI=1S/C27H31N3O9/c1-9-11-7-8-12(28)19(31)14(11)20(32)15-13(9)22(39-26(37)10-5-4-6-10)17-18(30(2)3)21(33)16(25(29)36)24(35)27(17,38)23(15)34/h7-10,13,17-18,22,31,33-34,38H,4-6,28H2,1-3H3,(H2,29,36). The van der Waals surface area contributed by atoms with Crippen LogP contribution in [0.3, 0.4) is 0 Å². The number of aliphatic hydroxyl groups excluding tert-OH is 2. The predicted octanol–water partition coefficient (Wildman–Crippen LogP) is 0.586. The smallest absolute Gasteiger partial charge is 0.309 e. The molecular weight excluding hydrogens is 510 g/mol. The Morgan fingerprint density at radius 2 is 1.77 bits per heavy atom. The zero-order chi connectivity index (χ0) is 28.7. The molecule has 5 rings (SSSR count). The lowest BCUT2D eigenvalue weighted by molar-refractivity contribution is -0.185. The second-order valence-corrected chi connectivity index (χ2v) is 11.1. The van der Waals surface area contributed by atoms with E-state index < -0.39 is 93.3 Å². The minimum Gasteiger partial charge on any atom is -0.510 e. The molecule has 0 aliphatic heterocycles. The number of aliphatic hydroxyl groups is 3. The van der Waals surface area contributed by atoms with Gasteiger partial charge in [0.05, 0.1) is 29.1 Å². The molecule has 1 aromatic rings. The minimum absolute atomic E-state index is 0.0986. The van der Waals surface area contributed by atoms with Crippen LogP contribution >= 0.6 is 0 Å². The summed E-state index contributed by atoms with van der Waals surface area (Å²) in [4.78, 5) is 54.4. The van der Waals surface area contributed by atoms with Crippen molar-refractivity contribution in [3.63, 3.8) is 0 Å². The molecule has 6 atom stereocenters. The average Bonchev–Trinajstić information content (AvgIpc) is 2.81. The van der Waals surface area contributed by atoms with Crippen LogP contribution in [0.25, 0.3) is 0 Å². The van der Waals surface area contributed by atoms with Crippen molar-refractivity contribution in [2.45, 2.75) is 49.9 Å². The van der Waals surface area contributed by atoms with Gasteiger partial charge in [-0.15, -0.1) is 0 Å². The Morgan fingerprint density at radius 3 is 2.31 bits per heavy atom. The molecule has 0 saturated heterocycles. The number of ketones is 2. The van der Waals surface area contributed by atoms with Gasteiger partial charge in [-0.3, -0.25) is 24.1 Å². The molecule has 1 saturated carbocycles. The van der Waals surface area contributed by atoms with Crippen molar-refractivity contribution in [2.75, 3.05) is 19.8 Å². The number of aromatic hydroxyl groups is 1. The van der Waals surface area contributed by atoms with Crippen LogP contribution < -0.4 is 11.5 Å². The highest BCUT2D eigenvalue weighted by Crippen LogP contribution is 2.57. The van der Waals surface area contributed by atoms with Crippen molar-refractivity contribution in [2.24, 2.45) is 23.5 Å². The second kappa shape index (κ2) is 8.82. The summed E-state index contributed by atoms with van der Waals surface area (Å²) in [5.41, 5.74) is 6.92. The SMILES string of the molecule is CC1c2ccc(N)c(O)c2C(=O)C2=C(O)C3(O)C(=O)C(C(N)=O)=C(O)C(N(C)C)C3C(OC(=O)C3CCC3)C21. The summed E-state index contributed by atoms with van der Waals surface area (Å²) in [7, 11) is 3.00. The van der Waals surface area contributed by atoms with Crippen molar-refractivity contribution in [3.05, 3.63) is 45.9 Å². The summed E-state index contributed by atoms with van der Waals surface area (Å²) in [5, 5.41) is 45.4. The van der Waals surface area contributed by atoms with Crippen molar-refractivity contribution in [1.29, 1.82) is 0 Å². The van der Waals surface area contributed by atoms with Gasteiger partial charge in [0.2, 0.25) is 5.78 Å². The van der Waals surface area contributed by atoms with E-state index in [9.17, 15) is 39.6 Å². The van der Waals surface area contributed by atoms with Crippen LogP contribution in [0.2, 0.25) is 0 Å². The van der Waals surface area contributed by atoms with Gasteiger partial charge < -0.3 is 36.6 Å². The largest absolute Gasteiger partial charge is 0.510 e. The zero-order valence-corrected chi connectivity index (χ0v) is 21.7. The van der Waals surface area contributed by atoms with E-state index in [-0.39, 0.29) is 11.3 Å². The lowest BCUT2D eigenvalue weighted by atomic mass is 9.55. The molecule has 0 heterocycles. The predicted molar refractivity (Wildman–Crippen MR) is 135 cm³/mol. The summed E-state index contributed by atoms with van der Waals surface area (Å²) in [5.74, 6) is -10.3. The van der Waals surface area contributed by atoms with E-state index >= 15 is 0 Å². The number of phenols is 1. The first-order chi connectivity index (χ1) is 18.2. The molecule has 39 heavy (non-hydrogen) atoms. The molecule has 1 aromatic carbocycles. The Balaban J connectivity index is 1.82. The molecule has 0 radical (unpaired) electrons. The van der Waals surface area contributed by atoms with E-state index in [0.717, 1.165) is 6.42 Å². The van der Waals surface area contributed by atoms with E-state index in [2.05, 4.69) is 0 Å². The number of nitrogen functional groups attached to an aromatic ring is 1. The first-order valence-corrected chi connectivity index (χ1v) is 12.7. The van der Waals surface area contributed by atoms with Gasteiger partial charge >= 0.3 is 5.97 Å². The van der Waals surface area contributed by atoms with Crippen LogP contribution in [-0.2, 0) is 19.1 Å². The highest BCUT2D eigenvalue weighted by atomic mass is 16.5. The highest BCUT2D eigenvalue weighted by Gasteiger charge is 2.68. The van der Waals surface area contributed by atoms with Gasteiger partial charge in [0, 0.05) is 11.5 Å². The first kappa shape index (κ1) is 26.7.